The van der Waals surface area contributed by atoms with Gasteiger partial charge in [0.25, 0.3) is 0 Å². The summed E-state index contributed by atoms with van der Waals surface area (Å²) in [6, 6.07) is 12.7. The van der Waals surface area contributed by atoms with Crippen molar-refractivity contribution in [3.8, 4) is 0 Å². The summed E-state index contributed by atoms with van der Waals surface area (Å²) in [4.78, 5) is 6.64. The van der Waals surface area contributed by atoms with Gasteiger partial charge >= 0.3 is 0 Å². The van der Waals surface area contributed by atoms with Crippen LogP contribution in [0.1, 0.15) is 24.0 Å². The molecule has 2 aromatic rings. The van der Waals surface area contributed by atoms with Crippen molar-refractivity contribution in [3.05, 3.63) is 59.9 Å². The molecule has 0 saturated carbocycles. The van der Waals surface area contributed by atoms with Crippen molar-refractivity contribution >= 4 is 15.7 Å². The summed E-state index contributed by atoms with van der Waals surface area (Å²) in [6.45, 7) is 2.97. The predicted molar refractivity (Wildman–Crippen MR) is 99.1 cm³/mol. The molecule has 1 fully saturated rings. The van der Waals surface area contributed by atoms with E-state index in [1.165, 1.54) is 17.4 Å². The van der Waals surface area contributed by atoms with Gasteiger partial charge in [-0.25, -0.2) is 12.7 Å². The third-order valence-electron chi connectivity index (χ3n) is 5.60. The Bertz CT molecular complexity index is 859. The highest BCUT2D eigenvalue weighted by molar-refractivity contribution is 7.88. The number of anilines is 1. The molecule has 132 valence electrons. The van der Waals surface area contributed by atoms with E-state index in [-0.39, 0.29) is 5.41 Å². The second-order valence-corrected chi connectivity index (χ2v) is 9.15. The maximum Gasteiger partial charge on any atom is 0.211 e. The molecule has 2 aliphatic heterocycles. The van der Waals surface area contributed by atoms with Gasteiger partial charge in [-0.2, -0.15) is 0 Å². The SMILES string of the molecule is CS(=O)(=O)N1CCC2(CC1)CN(c1cccnc1)Cc1ccccc12. The van der Waals surface area contributed by atoms with Gasteiger partial charge in [-0.3, -0.25) is 4.98 Å². The number of hydrogen-bond donors (Lipinski definition) is 0. The lowest BCUT2D eigenvalue weighted by Crippen LogP contribution is -2.52. The standard InChI is InChI=1S/C19H23N3O2S/c1-25(23,24)22-11-8-19(9-12-22)15-21(17-6-4-10-20-13-17)14-16-5-2-3-7-18(16)19/h2-7,10,13H,8-9,11-12,14-15H2,1H3. The molecule has 3 heterocycles. The molecule has 1 aromatic carbocycles. The lowest BCUT2D eigenvalue weighted by molar-refractivity contribution is 0.227. The summed E-state index contributed by atoms with van der Waals surface area (Å²) in [5.41, 5.74) is 3.86. The van der Waals surface area contributed by atoms with Gasteiger partial charge in [0.1, 0.15) is 0 Å². The first kappa shape index (κ1) is 16.5. The molecule has 0 aliphatic carbocycles. The molecule has 0 atom stereocenters. The van der Waals surface area contributed by atoms with E-state index >= 15 is 0 Å². The van der Waals surface area contributed by atoms with Crippen LogP contribution in [-0.2, 0) is 22.0 Å². The van der Waals surface area contributed by atoms with Crippen LogP contribution in [0, 0.1) is 0 Å². The fourth-order valence-corrected chi connectivity index (χ4v) is 5.13. The zero-order valence-electron chi connectivity index (χ0n) is 14.4. The Morgan fingerprint density at radius 3 is 2.52 bits per heavy atom. The van der Waals surface area contributed by atoms with Crippen LogP contribution in [0.2, 0.25) is 0 Å². The van der Waals surface area contributed by atoms with Crippen LogP contribution in [0.25, 0.3) is 0 Å². The van der Waals surface area contributed by atoms with Crippen molar-refractivity contribution in [2.75, 3.05) is 30.8 Å². The van der Waals surface area contributed by atoms with Crippen molar-refractivity contribution in [2.24, 2.45) is 0 Å². The summed E-state index contributed by atoms with van der Waals surface area (Å²) in [5, 5.41) is 0. The Kier molecular flexibility index (Phi) is 4.04. The Balaban J connectivity index is 1.69. The molecular weight excluding hydrogens is 334 g/mol. The molecule has 6 heteroatoms. The Morgan fingerprint density at radius 2 is 1.84 bits per heavy atom. The van der Waals surface area contributed by atoms with Crippen LogP contribution in [-0.4, -0.2) is 43.6 Å². The van der Waals surface area contributed by atoms with E-state index in [0.717, 1.165) is 31.6 Å². The Morgan fingerprint density at radius 1 is 1.08 bits per heavy atom. The van der Waals surface area contributed by atoms with Crippen LogP contribution in [0.5, 0.6) is 0 Å². The molecular formula is C19H23N3O2S. The number of pyridine rings is 1. The zero-order valence-corrected chi connectivity index (χ0v) is 15.2. The summed E-state index contributed by atoms with van der Waals surface area (Å²) in [6.07, 6.45) is 6.72. The lowest BCUT2D eigenvalue weighted by Gasteiger charge is -2.48. The number of aromatic nitrogens is 1. The molecule has 0 amide bonds. The van der Waals surface area contributed by atoms with E-state index in [0.29, 0.717) is 13.1 Å². The molecule has 1 spiro atoms. The lowest BCUT2D eigenvalue weighted by atomic mass is 9.69. The quantitative estimate of drug-likeness (QED) is 0.828. The van der Waals surface area contributed by atoms with Gasteiger partial charge in [-0.15, -0.1) is 0 Å². The van der Waals surface area contributed by atoms with Gasteiger partial charge in [0.15, 0.2) is 0 Å². The molecule has 5 nitrogen and oxygen atoms in total. The number of benzene rings is 1. The van der Waals surface area contributed by atoms with E-state index in [4.69, 9.17) is 0 Å². The van der Waals surface area contributed by atoms with Crippen LogP contribution >= 0.6 is 0 Å². The zero-order chi connectivity index (χ0) is 17.5. The average Bonchev–Trinajstić information content (AvgIpc) is 2.62. The molecule has 2 aliphatic rings. The smallest absolute Gasteiger partial charge is 0.211 e. The Labute approximate surface area is 149 Å². The monoisotopic (exact) mass is 357 g/mol. The second kappa shape index (κ2) is 6.11. The molecule has 0 bridgehead atoms. The first-order valence-corrected chi connectivity index (χ1v) is 10.5. The van der Waals surface area contributed by atoms with Gasteiger partial charge < -0.3 is 4.90 Å². The summed E-state index contributed by atoms with van der Waals surface area (Å²) >= 11 is 0. The first-order chi connectivity index (χ1) is 12.0. The minimum Gasteiger partial charge on any atom is -0.365 e. The third-order valence-corrected chi connectivity index (χ3v) is 6.91. The maximum atomic E-state index is 11.9. The van der Waals surface area contributed by atoms with Crippen LogP contribution in [0.15, 0.2) is 48.8 Å². The average molecular weight is 357 g/mol. The highest BCUT2D eigenvalue weighted by Crippen LogP contribution is 2.43. The molecule has 0 unspecified atom stereocenters. The van der Waals surface area contributed by atoms with E-state index < -0.39 is 10.0 Å². The normalized spacial score (nSPS) is 20.4. The first-order valence-electron chi connectivity index (χ1n) is 8.66. The van der Waals surface area contributed by atoms with Gasteiger partial charge in [0, 0.05) is 37.8 Å². The number of sulfonamides is 1. The minimum atomic E-state index is -3.11. The predicted octanol–water partition coefficient (Wildman–Crippen LogP) is 2.40. The highest BCUT2D eigenvalue weighted by atomic mass is 32.2. The fourth-order valence-electron chi connectivity index (χ4n) is 4.28. The van der Waals surface area contributed by atoms with E-state index in [1.807, 2.05) is 12.3 Å². The minimum absolute atomic E-state index is 0.00583. The topological polar surface area (TPSA) is 53.5 Å². The number of nitrogens with zero attached hydrogens (tertiary/aromatic N) is 3. The van der Waals surface area contributed by atoms with Crippen molar-refractivity contribution in [1.29, 1.82) is 0 Å². The maximum absolute atomic E-state index is 11.9. The number of rotatable bonds is 2. The van der Waals surface area contributed by atoms with Crippen molar-refractivity contribution in [2.45, 2.75) is 24.8 Å². The van der Waals surface area contributed by atoms with E-state index in [9.17, 15) is 8.42 Å². The van der Waals surface area contributed by atoms with E-state index in [2.05, 4.69) is 40.2 Å². The van der Waals surface area contributed by atoms with Crippen LogP contribution in [0.3, 0.4) is 0 Å². The number of piperidine rings is 1. The number of hydrogen-bond acceptors (Lipinski definition) is 4. The summed E-state index contributed by atoms with van der Waals surface area (Å²) in [5.74, 6) is 0. The van der Waals surface area contributed by atoms with Gasteiger partial charge in [0.05, 0.1) is 18.1 Å². The van der Waals surface area contributed by atoms with Gasteiger partial charge in [-0.05, 0) is 36.1 Å². The van der Waals surface area contributed by atoms with Gasteiger partial charge in [-0.1, -0.05) is 24.3 Å². The molecule has 4 rings (SSSR count). The fraction of sp³-hybridized carbons (Fsp3) is 0.421. The van der Waals surface area contributed by atoms with Crippen LogP contribution < -0.4 is 4.90 Å². The molecule has 0 N–H and O–H groups in total. The highest BCUT2D eigenvalue weighted by Gasteiger charge is 2.43. The third kappa shape index (κ3) is 3.04. The van der Waals surface area contributed by atoms with Gasteiger partial charge in [0.2, 0.25) is 10.0 Å². The molecule has 0 radical (unpaired) electrons. The molecule has 1 aromatic heterocycles. The van der Waals surface area contributed by atoms with Crippen molar-refractivity contribution in [3.63, 3.8) is 0 Å². The molecule has 25 heavy (non-hydrogen) atoms. The van der Waals surface area contributed by atoms with Crippen molar-refractivity contribution < 1.29 is 8.42 Å². The number of fused-ring (bicyclic) bond motifs is 2. The summed E-state index contributed by atoms with van der Waals surface area (Å²) < 4.78 is 25.4. The van der Waals surface area contributed by atoms with Crippen molar-refractivity contribution in [1.82, 2.24) is 9.29 Å². The molecule has 1 saturated heterocycles. The van der Waals surface area contributed by atoms with Crippen LogP contribution in [0.4, 0.5) is 5.69 Å². The summed E-state index contributed by atoms with van der Waals surface area (Å²) in [7, 11) is -3.11. The largest absolute Gasteiger partial charge is 0.365 e. The Hall–Kier alpha value is -1.92. The van der Waals surface area contributed by atoms with E-state index in [1.54, 1.807) is 10.5 Å². The second-order valence-electron chi connectivity index (χ2n) is 7.17.